The van der Waals surface area contributed by atoms with E-state index in [0.29, 0.717) is 30.8 Å². The number of rotatable bonds is 3. The Morgan fingerprint density at radius 2 is 1.88 bits per heavy atom. The fourth-order valence-electron chi connectivity index (χ4n) is 3.47. The maximum atomic E-state index is 12.2. The Bertz CT molecular complexity index is 895. The molecule has 2 aromatic rings. The van der Waals surface area contributed by atoms with E-state index in [-0.39, 0.29) is 12.5 Å². The van der Waals surface area contributed by atoms with Crippen LogP contribution in [0.15, 0.2) is 36.5 Å². The van der Waals surface area contributed by atoms with Gasteiger partial charge in [-0.15, -0.1) is 0 Å². The molecule has 4 rings (SSSR count). The SMILES string of the molecule is O=C(NCc1ccccn1)C(=O)Nc1cc2c3c(c1)CCN3C(=O)CC2. The molecule has 132 valence electrons. The molecule has 0 fully saturated rings. The zero-order valence-corrected chi connectivity index (χ0v) is 14.1. The summed E-state index contributed by atoms with van der Waals surface area (Å²) in [7, 11) is 0. The number of anilines is 2. The van der Waals surface area contributed by atoms with E-state index in [4.69, 9.17) is 0 Å². The van der Waals surface area contributed by atoms with E-state index in [1.54, 1.807) is 18.3 Å². The third-order valence-electron chi connectivity index (χ3n) is 4.67. The normalized spacial score (nSPS) is 14.8. The van der Waals surface area contributed by atoms with Gasteiger partial charge in [-0.25, -0.2) is 0 Å². The van der Waals surface area contributed by atoms with Gasteiger partial charge in [0.05, 0.1) is 17.9 Å². The second-order valence-corrected chi connectivity index (χ2v) is 6.40. The van der Waals surface area contributed by atoms with Crippen LogP contribution in [-0.2, 0) is 33.8 Å². The van der Waals surface area contributed by atoms with Crippen molar-refractivity contribution in [2.45, 2.75) is 25.8 Å². The molecule has 0 unspecified atom stereocenters. The predicted octanol–water partition coefficient (Wildman–Crippen LogP) is 1.17. The van der Waals surface area contributed by atoms with Crippen LogP contribution in [0.1, 0.15) is 23.2 Å². The van der Waals surface area contributed by atoms with Gasteiger partial charge < -0.3 is 15.5 Å². The van der Waals surface area contributed by atoms with Gasteiger partial charge in [0, 0.05) is 24.8 Å². The molecular weight excluding hydrogens is 332 g/mol. The lowest BCUT2D eigenvalue weighted by molar-refractivity contribution is -0.136. The number of aromatic nitrogens is 1. The number of aryl methyl sites for hydroxylation is 1. The van der Waals surface area contributed by atoms with Gasteiger partial charge in [0.2, 0.25) is 5.91 Å². The van der Waals surface area contributed by atoms with Gasteiger partial charge in [-0.1, -0.05) is 6.07 Å². The number of hydrogen-bond acceptors (Lipinski definition) is 4. The first-order valence-electron chi connectivity index (χ1n) is 8.57. The molecule has 2 aliphatic rings. The molecule has 2 aliphatic heterocycles. The summed E-state index contributed by atoms with van der Waals surface area (Å²) >= 11 is 0. The molecule has 7 heteroatoms. The standard InChI is InChI=1S/C19H18N4O3/c24-16-5-4-12-9-15(10-13-6-8-23(16)17(12)13)22-19(26)18(25)21-11-14-3-1-2-7-20-14/h1-3,7,9-10H,4-6,8,11H2,(H,21,25)(H,22,26). The fraction of sp³-hybridized carbons (Fsp3) is 0.263. The van der Waals surface area contributed by atoms with Crippen LogP contribution in [0.2, 0.25) is 0 Å². The smallest absolute Gasteiger partial charge is 0.313 e. The minimum absolute atomic E-state index is 0.155. The van der Waals surface area contributed by atoms with Crippen molar-refractivity contribution in [1.29, 1.82) is 0 Å². The Labute approximate surface area is 150 Å². The van der Waals surface area contributed by atoms with Gasteiger partial charge in [-0.2, -0.15) is 0 Å². The highest BCUT2D eigenvalue weighted by molar-refractivity contribution is 6.39. The Morgan fingerprint density at radius 1 is 1.08 bits per heavy atom. The van der Waals surface area contributed by atoms with E-state index in [2.05, 4.69) is 15.6 Å². The fourth-order valence-corrected chi connectivity index (χ4v) is 3.47. The highest BCUT2D eigenvalue weighted by Crippen LogP contribution is 2.38. The molecule has 7 nitrogen and oxygen atoms in total. The summed E-state index contributed by atoms with van der Waals surface area (Å²) in [5.74, 6) is -1.27. The van der Waals surface area contributed by atoms with Crippen molar-refractivity contribution >= 4 is 29.1 Å². The summed E-state index contributed by atoms with van der Waals surface area (Å²) in [6.07, 6.45) is 3.54. The topological polar surface area (TPSA) is 91.4 Å². The van der Waals surface area contributed by atoms with Crippen LogP contribution < -0.4 is 15.5 Å². The van der Waals surface area contributed by atoms with Gasteiger partial charge in [0.1, 0.15) is 0 Å². The van der Waals surface area contributed by atoms with E-state index < -0.39 is 11.8 Å². The molecule has 0 bridgehead atoms. The number of carbonyl (C=O) groups excluding carboxylic acids is 3. The predicted molar refractivity (Wildman–Crippen MR) is 95.5 cm³/mol. The molecule has 0 saturated carbocycles. The molecule has 0 spiro atoms. The maximum absolute atomic E-state index is 12.2. The highest BCUT2D eigenvalue weighted by atomic mass is 16.2. The number of nitrogens with one attached hydrogen (secondary N) is 2. The number of benzene rings is 1. The van der Waals surface area contributed by atoms with Crippen molar-refractivity contribution in [2.75, 3.05) is 16.8 Å². The Balaban J connectivity index is 1.44. The second-order valence-electron chi connectivity index (χ2n) is 6.40. The summed E-state index contributed by atoms with van der Waals surface area (Å²) < 4.78 is 0. The highest BCUT2D eigenvalue weighted by Gasteiger charge is 2.31. The van der Waals surface area contributed by atoms with Gasteiger partial charge in [-0.3, -0.25) is 19.4 Å². The average Bonchev–Trinajstić information content (AvgIpc) is 3.09. The lowest BCUT2D eigenvalue weighted by Crippen LogP contribution is -2.35. The van der Waals surface area contributed by atoms with Crippen molar-refractivity contribution in [3.63, 3.8) is 0 Å². The van der Waals surface area contributed by atoms with Crippen LogP contribution in [0.4, 0.5) is 11.4 Å². The minimum Gasteiger partial charge on any atom is -0.342 e. The van der Waals surface area contributed by atoms with E-state index in [1.165, 1.54) is 0 Å². The zero-order valence-electron chi connectivity index (χ0n) is 14.1. The molecule has 3 amide bonds. The molecule has 0 radical (unpaired) electrons. The third-order valence-corrected chi connectivity index (χ3v) is 4.67. The first-order chi connectivity index (χ1) is 12.6. The van der Waals surface area contributed by atoms with Crippen LogP contribution in [-0.4, -0.2) is 29.3 Å². The van der Waals surface area contributed by atoms with Crippen molar-refractivity contribution in [3.8, 4) is 0 Å². The molecule has 1 aromatic heterocycles. The van der Waals surface area contributed by atoms with Gasteiger partial charge >= 0.3 is 11.8 Å². The van der Waals surface area contributed by atoms with E-state index in [1.807, 2.05) is 23.1 Å². The summed E-state index contributed by atoms with van der Waals surface area (Å²) in [4.78, 5) is 42.0. The van der Waals surface area contributed by atoms with Gasteiger partial charge in [-0.05, 0) is 48.2 Å². The summed E-state index contributed by atoms with van der Waals surface area (Å²) in [6, 6.07) is 9.08. The molecule has 26 heavy (non-hydrogen) atoms. The number of pyridine rings is 1. The largest absolute Gasteiger partial charge is 0.342 e. The van der Waals surface area contributed by atoms with Crippen LogP contribution in [0.5, 0.6) is 0 Å². The summed E-state index contributed by atoms with van der Waals surface area (Å²) in [5.41, 5.74) is 4.34. The van der Waals surface area contributed by atoms with E-state index in [0.717, 1.165) is 23.2 Å². The number of nitrogens with zero attached hydrogens (tertiary/aromatic N) is 2. The Hall–Kier alpha value is -3.22. The zero-order chi connectivity index (χ0) is 18.1. The molecule has 0 atom stereocenters. The molecule has 1 aromatic carbocycles. The van der Waals surface area contributed by atoms with Crippen molar-refractivity contribution in [2.24, 2.45) is 0 Å². The molecule has 0 saturated heterocycles. The van der Waals surface area contributed by atoms with Gasteiger partial charge in [0.25, 0.3) is 0 Å². The second kappa shape index (κ2) is 6.59. The van der Waals surface area contributed by atoms with Gasteiger partial charge in [0.15, 0.2) is 0 Å². The number of hydrogen-bond donors (Lipinski definition) is 2. The summed E-state index contributed by atoms with van der Waals surface area (Å²) in [5, 5.41) is 5.22. The molecular formula is C19H18N4O3. The van der Waals surface area contributed by atoms with Crippen LogP contribution in [0.25, 0.3) is 0 Å². The van der Waals surface area contributed by atoms with Crippen LogP contribution >= 0.6 is 0 Å². The first-order valence-corrected chi connectivity index (χ1v) is 8.57. The lowest BCUT2D eigenvalue weighted by atomic mass is 9.98. The lowest BCUT2D eigenvalue weighted by Gasteiger charge is -2.25. The Morgan fingerprint density at radius 3 is 2.65 bits per heavy atom. The van der Waals surface area contributed by atoms with Crippen LogP contribution in [0, 0.1) is 0 Å². The summed E-state index contributed by atoms with van der Waals surface area (Å²) in [6.45, 7) is 0.878. The minimum atomic E-state index is -0.713. The van der Waals surface area contributed by atoms with Crippen molar-refractivity contribution in [1.82, 2.24) is 10.3 Å². The van der Waals surface area contributed by atoms with Crippen molar-refractivity contribution < 1.29 is 14.4 Å². The maximum Gasteiger partial charge on any atom is 0.313 e. The first kappa shape index (κ1) is 16.3. The monoisotopic (exact) mass is 350 g/mol. The number of carbonyl (C=O) groups is 3. The number of amides is 3. The Kier molecular flexibility index (Phi) is 4.12. The van der Waals surface area contributed by atoms with E-state index >= 15 is 0 Å². The van der Waals surface area contributed by atoms with E-state index in [9.17, 15) is 14.4 Å². The molecule has 0 aliphatic carbocycles. The van der Waals surface area contributed by atoms with Crippen molar-refractivity contribution in [3.05, 3.63) is 53.3 Å². The third kappa shape index (κ3) is 3.03. The quantitative estimate of drug-likeness (QED) is 0.813. The molecule has 3 heterocycles. The average molecular weight is 350 g/mol. The van der Waals surface area contributed by atoms with Crippen LogP contribution in [0.3, 0.4) is 0 Å². The molecule has 2 N–H and O–H groups in total.